The second-order valence-corrected chi connectivity index (χ2v) is 5.53. The number of aliphatic hydroxyl groups excluding tert-OH is 8. The van der Waals surface area contributed by atoms with Crippen molar-refractivity contribution in [1.82, 2.24) is 0 Å². The molecule has 0 radical (unpaired) electrons. The lowest BCUT2D eigenvalue weighted by Gasteiger charge is -2.41. The van der Waals surface area contributed by atoms with E-state index < -0.39 is 74.6 Å². The van der Waals surface area contributed by atoms with E-state index in [1.54, 1.807) is 0 Å². The fourth-order valence-electron chi connectivity index (χ4n) is 2.59. The molecule has 10 atom stereocenters. The van der Waals surface area contributed by atoms with Gasteiger partial charge in [0.1, 0.15) is 48.8 Å². The molecule has 23 heavy (non-hydrogen) atoms. The summed E-state index contributed by atoms with van der Waals surface area (Å²) in [4.78, 5) is 0. The van der Waals surface area contributed by atoms with Crippen molar-refractivity contribution in [3.63, 3.8) is 0 Å². The van der Waals surface area contributed by atoms with Crippen molar-refractivity contribution >= 4 is 0 Å². The van der Waals surface area contributed by atoms with Crippen LogP contribution < -0.4 is 0 Å². The molecule has 1 unspecified atom stereocenters. The molecule has 11 nitrogen and oxygen atoms in total. The highest BCUT2D eigenvalue weighted by molar-refractivity contribution is 4.94. The molecule has 136 valence electrons. The minimum Gasteiger partial charge on any atom is -0.394 e. The summed E-state index contributed by atoms with van der Waals surface area (Å²) in [6, 6.07) is 0. The zero-order valence-corrected chi connectivity index (χ0v) is 12.0. The number of rotatable bonds is 5. The van der Waals surface area contributed by atoms with Crippen molar-refractivity contribution in [2.24, 2.45) is 0 Å². The second-order valence-electron chi connectivity index (χ2n) is 5.53. The summed E-state index contributed by atoms with van der Waals surface area (Å²) in [6.07, 6.45) is -15.3. The molecule has 11 heteroatoms. The van der Waals surface area contributed by atoms with Crippen LogP contribution in [0.3, 0.4) is 0 Å². The van der Waals surface area contributed by atoms with Crippen LogP contribution in [0.1, 0.15) is 0 Å². The lowest BCUT2D eigenvalue weighted by molar-refractivity contribution is -0.322. The Bertz CT molecular complexity index is 382. The number of hydrogen-bond donors (Lipinski definition) is 8. The molecule has 2 heterocycles. The van der Waals surface area contributed by atoms with Crippen LogP contribution in [0.25, 0.3) is 0 Å². The average Bonchev–Trinajstić information content (AvgIpc) is 2.82. The van der Waals surface area contributed by atoms with Crippen molar-refractivity contribution in [3.8, 4) is 0 Å². The maximum atomic E-state index is 9.98. The van der Waals surface area contributed by atoms with Crippen LogP contribution in [0, 0.1) is 0 Å². The molecule has 0 spiro atoms. The highest BCUT2D eigenvalue weighted by Gasteiger charge is 2.51. The van der Waals surface area contributed by atoms with Gasteiger partial charge in [-0.15, -0.1) is 0 Å². The minimum atomic E-state index is -1.75. The van der Waals surface area contributed by atoms with Gasteiger partial charge in [0.2, 0.25) is 0 Å². The van der Waals surface area contributed by atoms with Crippen molar-refractivity contribution in [1.29, 1.82) is 0 Å². The molecule has 0 aromatic rings. The molecule has 0 aliphatic carbocycles. The Balaban J connectivity index is 2.07. The Morgan fingerprint density at radius 3 is 2.09 bits per heavy atom. The van der Waals surface area contributed by atoms with E-state index in [0.29, 0.717) is 0 Å². The quantitative estimate of drug-likeness (QED) is 0.238. The van der Waals surface area contributed by atoms with E-state index in [1.807, 2.05) is 0 Å². The van der Waals surface area contributed by atoms with Gasteiger partial charge in [-0.3, -0.25) is 0 Å². The van der Waals surface area contributed by atoms with Gasteiger partial charge in [0.15, 0.2) is 12.6 Å². The molecule has 2 aliphatic heterocycles. The third-order valence-corrected chi connectivity index (χ3v) is 3.95. The standard InChI is InChI=1S/C12H22O11/c13-1-3(15)9-6(17)7(18)12(22-9)23-10-5(16)4(2-14)21-11(20)8(10)19/h3-20H,1-2H2/t3-,4-,5+,6-,7-,8-,9+,10+,11?,12+/m1/s1. The first-order valence-corrected chi connectivity index (χ1v) is 7.08. The number of hydrogen-bond acceptors (Lipinski definition) is 11. The van der Waals surface area contributed by atoms with Gasteiger partial charge in [0, 0.05) is 0 Å². The van der Waals surface area contributed by atoms with E-state index in [-0.39, 0.29) is 0 Å². The van der Waals surface area contributed by atoms with Crippen LogP contribution >= 0.6 is 0 Å². The predicted octanol–water partition coefficient (Wildman–Crippen LogP) is -5.40. The van der Waals surface area contributed by atoms with E-state index >= 15 is 0 Å². The number of aliphatic hydroxyl groups is 8. The summed E-state index contributed by atoms with van der Waals surface area (Å²) in [6.45, 7) is -1.39. The van der Waals surface area contributed by atoms with E-state index in [2.05, 4.69) is 0 Å². The van der Waals surface area contributed by atoms with Crippen LogP contribution in [0.4, 0.5) is 0 Å². The minimum absolute atomic E-state index is 0.659. The van der Waals surface area contributed by atoms with Gasteiger partial charge in [0.25, 0.3) is 0 Å². The van der Waals surface area contributed by atoms with E-state index in [4.69, 9.17) is 24.4 Å². The van der Waals surface area contributed by atoms with Gasteiger partial charge in [-0.2, -0.15) is 0 Å². The van der Waals surface area contributed by atoms with Crippen molar-refractivity contribution in [2.75, 3.05) is 13.2 Å². The zero-order valence-electron chi connectivity index (χ0n) is 12.0. The largest absolute Gasteiger partial charge is 0.394 e. The van der Waals surface area contributed by atoms with Gasteiger partial charge in [0.05, 0.1) is 13.2 Å². The van der Waals surface area contributed by atoms with Crippen molar-refractivity contribution < 1.29 is 55.1 Å². The predicted molar refractivity (Wildman–Crippen MR) is 68.6 cm³/mol. The Morgan fingerprint density at radius 2 is 1.52 bits per heavy atom. The highest BCUT2D eigenvalue weighted by atomic mass is 16.7. The molecule has 8 N–H and O–H groups in total. The summed E-state index contributed by atoms with van der Waals surface area (Å²) in [5.41, 5.74) is 0. The summed E-state index contributed by atoms with van der Waals surface area (Å²) >= 11 is 0. The third-order valence-electron chi connectivity index (χ3n) is 3.95. The molecule has 2 rings (SSSR count). The van der Waals surface area contributed by atoms with Gasteiger partial charge < -0.3 is 55.1 Å². The topological polar surface area (TPSA) is 190 Å². The van der Waals surface area contributed by atoms with Crippen LogP contribution in [-0.2, 0) is 14.2 Å². The third kappa shape index (κ3) is 3.65. The lowest BCUT2D eigenvalue weighted by Crippen LogP contribution is -2.60. The summed E-state index contributed by atoms with van der Waals surface area (Å²) in [5, 5.41) is 76.4. The molecular formula is C12H22O11. The molecule has 2 saturated heterocycles. The van der Waals surface area contributed by atoms with Gasteiger partial charge in [-0.05, 0) is 0 Å². The van der Waals surface area contributed by atoms with Gasteiger partial charge in [-0.25, -0.2) is 0 Å². The first kappa shape index (κ1) is 18.9. The van der Waals surface area contributed by atoms with Crippen molar-refractivity contribution in [2.45, 2.75) is 61.4 Å². The zero-order chi connectivity index (χ0) is 17.3. The van der Waals surface area contributed by atoms with Crippen LogP contribution in [0.5, 0.6) is 0 Å². The summed E-state index contributed by atoms with van der Waals surface area (Å²) in [5.74, 6) is 0. The average molecular weight is 342 g/mol. The van der Waals surface area contributed by atoms with Crippen LogP contribution in [0.2, 0.25) is 0 Å². The van der Waals surface area contributed by atoms with Crippen molar-refractivity contribution in [3.05, 3.63) is 0 Å². The van der Waals surface area contributed by atoms with E-state index in [9.17, 15) is 30.6 Å². The number of ether oxygens (including phenoxy) is 3. The Morgan fingerprint density at radius 1 is 0.870 bits per heavy atom. The van der Waals surface area contributed by atoms with E-state index in [1.165, 1.54) is 0 Å². The molecule has 0 aromatic carbocycles. The molecule has 0 aromatic heterocycles. The first-order valence-electron chi connectivity index (χ1n) is 7.08. The SMILES string of the molecule is OC[C@@H](O)[C@@H]1O[C@@H](O[C@H]2[C@@H](O)[C@@H](CO)OC(O)[C@@H]2O)[C@H](O)[C@H]1O. The van der Waals surface area contributed by atoms with Gasteiger partial charge >= 0.3 is 0 Å². The Hall–Kier alpha value is -0.440. The second kappa shape index (κ2) is 7.63. The normalized spacial score (nSPS) is 49.3. The summed E-state index contributed by atoms with van der Waals surface area (Å²) in [7, 11) is 0. The molecule has 0 amide bonds. The maximum Gasteiger partial charge on any atom is 0.187 e. The van der Waals surface area contributed by atoms with Crippen LogP contribution in [-0.4, -0.2) is 115 Å². The molecule has 0 bridgehead atoms. The lowest BCUT2D eigenvalue weighted by atomic mass is 9.99. The van der Waals surface area contributed by atoms with Crippen LogP contribution in [0.15, 0.2) is 0 Å². The molecule has 2 aliphatic rings. The smallest absolute Gasteiger partial charge is 0.187 e. The fraction of sp³-hybridized carbons (Fsp3) is 1.00. The Kier molecular flexibility index (Phi) is 6.27. The maximum absolute atomic E-state index is 9.98. The molecular weight excluding hydrogens is 320 g/mol. The monoisotopic (exact) mass is 342 g/mol. The Labute approximate surface area is 130 Å². The molecule has 2 fully saturated rings. The highest BCUT2D eigenvalue weighted by Crippen LogP contribution is 2.29. The molecule has 0 saturated carbocycles. The van der Waals surface area contributed by atoms with Gasteiger partial charge in [-0.1, -0.05) is 0 Å². The first-order chi connectivity index (χ1) is 10.8. The fourth-order valence-corrected chi connectivity index (χ4v) is 2.59. The summed E-state index contributed by atoms with van der Waals surface area (Å²) < 4.78 is 15.1. The van der Waals surface area contributed by atoms with E-state index in [0.717, 1.165) is 0 Å².